The highest BCUT2D eigenvalue weighted by molar-refractivity contribution is 5.96. The van der Waals surface area contributed by atoms with Gasteiger partial charge in [0.2, 0.25) is 11.8 Å². The Morgan fingerprint density at radius 3 is 2.64 bits per heavy atom. The first-order valence-corrected chi connectivity index (χ1v) is 13.0. The SMILES string of the molecule is CCOC(=O)[C@@]12C[C@H]1/C(C)=C\CCCCC[C@H](NC(=O)OC(C)(C)C)C(=O)N1C[C@@H](O)C[C@H]1C(=O)N2. The maximum absolute atomic E-state index is 13.6. The van der Waals surface area contributed by atoms with Crippen LogP contribution in [0.15, 0.2) is 11.6 Å². The summed E-state index contributed by atoms with van der Waals surface area (Å²) in [6.45, 7) is 9.06. The van der Waals surface area contributed by atoms with Crippen LogP contribution in [0.4, 0.5) is 4.79 Å². The largest absolute Gasteiger partial charge is 0.464 e. The van der Waals surface area contributed by atoms with Gasteiger partial charge in [-0.1, -0.05) is 24.5 Å². The number of fused-ring (bicyclic) bond motifs is 2. The lowest BCUT2D eigenvalue weighted by Gasteiger charge is -2.30. The number of ether oxygens (including phenoxy) is 2. The molecule has 0 spiro atoms. The zero-order valence-electron chi connectivity index (χ0n) is 22.1. The predicted molar refractivity (Wildman–Crippen MR) is 132 cm³/mol. The Morgan fingerprint density at radius 1 is 1.25 bits per heavy atom. The minimum Gasteiger partial charge on any atom is -0.464 e. The summed E-state index contributed by atoms with van der Waals surface area (Å²) >= 11 is 0. The number of aliphatic hydroxyl groups excluding tert-OH is 1. The fourth-order valence-electron chi connectivity index (χ4n) is 5.15. The molecule has 10 heteroatoms. The van der Waals surface area contributed by atoms with Crippen LogP contribution in [0.2, 0.25) is 0 Å². The van der Waals surface area contributed by atoms with Gasteiger partial charge in [-0.05, 0) is 60.3 Å². The van der Waals surface area contributed by atoms with E-state index in [2.05, 4.69) is 16.7 Å². The van der Waals surface area contributed by atoms with E-state index < -0.39 is 53.2 Å². The number of hydrogen-bond acceptors (Lipinski definition) is 7. The molecule has 2 aliphatic heterocycles. The minimum absolute atomic E-state index is 0.0296. The molecule has 3 aliphatic rings. The van der Waals surface area contributed by atoms with Crippen molar-refractivity contribution in [1.29, 1.82) is 0 Å². The summed E-state index contributed by atoms with van der Waals surface area (Å²) in [5.41, 5.74) is -0.863. The van der Waals surface area contributed by atoms with E-state index in [0.717, 1.165) is 24.8 Å². The molecule has 5 atom stereocenters. The number of aliphatic hydroxyl groups is 1. The Labute approximate surface area is 213 Å². The average molecular weight is 508 g/mol. The van der Waals surface area contributed by atoms with Crippen molar-refractivity contribution < 1.29 is 33.8 Å². The third-order valence-corrected chi connectivity index (χ3v) is 7.01. The predicted octanol–water partition coefficient (Wildman–Crippen LogP) is 2.19. The molecule has 1 saturated carbocycles. The summed E-state index contributed by atoms with van der Waals surface area (Å²) in [5.74, 6) is -1.60. The standard InChI is InChI=1S/C26H41N3O7/c1-6-35-23(33)26-14-18(26)16(2)11-9-7-8-10-12-19(27-24(34)36-25(3,4)5)22(32)29-15-17(30)13-20(29)21(31)28-26/h11,17-20,30H,6-10,12-15H2,1-5H3,(H,27,34)(H,28,31)/b16-11-/t17-,18-,19-,20-,26+/m0/s1. The summed E-state index contributed by atoms with van der Waals surface area (Å²) < 4.78 is 10.6. The van der Waals surface area contributed by atoms with E-state index in [4.69, 9.17) is 9.47 Å². The van der Waals surface area contributed by atoms with Crippen molar-refractivity contribution in [3.8, 4) is 0 Å². The van der Waals surface area contributed by atoms with Crippen LogP contribution in [0.3, 0.4) is 0 Å². The fourth-order valence-corrected chi connectivity index (χ4v) is 5.15. The Kier molecular flexibility index (Phi) is 8.69. The third kappa shape index (κ3) is 6.57. The Morgan fingerprint density at radius 2 is 1.97 bits per heavy atom. The maximum atomic E-state index is 13.6. The molecule has 36 heavy (non-hydrogen) atoms. The van der Waals surface area contributed by atoms with Gasteiger partial charge in [-0.3, -0.25) is 9.59 Å². The van der Waals surface area contributed by atoms with Gasteiger partial charge in [-0.25, -0.2) is 9.59 Å². The topological polar surface area (TPSA) is 134 Å². The molecule has 10 nitrogen and oxygen atoms in total. The highest BCUT2D eigenvalue weighted by Crippen LogP contribution is 2.49. The van der Waals surface area contributed by atoms with Gasteiger partial charge >= 0.3 is 12.1 Å². The normalized spacial score (nSPS) is 33.1. The molecule has 0 unspecified atom stereocenters. The van der Waals surface area contributed by atoms with Gasteiger partial charge < -0.3 is 30.1 Å². The average Bonchev–Trinajstić information content (AvgIpc) is 3.37. The van der Waals surface area contributed by atoms with E-state index in [9.17, 15) is 24.3 Å². The van der Waals surface area contributed by atoms with Crippen molar-refractivity contribution in [2.75, 3.05) is 13.2 Å². The van der Waals surface area contributed by atoms with Gasteiger partial charge in [0.25, 0.3) is 0 Å². The zero-order valence-corrected chi connectivity index (χ0v) is 22.1. The Hall–Kier alpha value is -2.62. The van der Waals surface area contributed by atoms with Crippen LogP contribution in [0, 0.1) is 5.92 Å². The van der Waals surface area contributed by atoms with Crippen molar-refractivity contribution in [2.45, 2.75) is 109 Å². The molecule has 0 aromatic heterocycles. The van der Waals surface area contributed by atoms with Crippen molar-refractivity contribution in [1.82, 2.24) is 15.5 Å². The molecule has 1 saturated heterocycles. The number of alkyl carbamates (subject to hydrolysis) is 1. The number of carbonyl (C=O) groups is 4. The highest BCUT2D eigenvalue weighted by atomic mass is 16.6. The second-order valence-corrected chi connectivity index (χ2v) is 11.1. The summed E-state index contributed by atoms with van der Waals surface area (Å²) in [4.78, 5) is 53.7. The van der Waals surface area contributed by atoms with Crippen LogP contribution in [-0.2, 0) is 23.9 Å². The molecule has 3 N–H and O–H groups in total. The number of hydrogen-bond donors (Lipinski definition) is 3. The lowest BCUT2D eigenvalue weighted by molar-refractivity contribution is -0.150. The van der Waals surface area contributed by atoms with Gasteiger partial charge in [0.15, 0.2) is 0 Å². The number of amides is 3. The van der Waals surface area contributed by atoms with E-state index in [0.29, 0.717) is 19.3 Å². The lowest BCUT2D eigenvalue weighted by Crippen LogP contribution is -2.56. The third-order valence-electron chi connectivity index (χ3n) is 7.01. The molecular formula is C26H41N3O7. The van der Waals surface area contributed by atoms with E-state index in [1.807, 2.05) is 6.92 Å². The first kappa shape index (κ1) is 28.0. The van der Waals surface area contributed by atoms with Crippen LogP contribution < -0.4 is 10.6 Å². The Bertz CT molecular complexity index is 896. The van der Waals surface area contributed by atoms with E-state index >= 15 is 0 Å². The van der Waals surface area contributed by atoms with Gasteiger partial charge in [-0.15, -0.1) is 0 Å². The molecule has 0 aromatic rings. The smallest absolute Gasteiger partial charge is 0.408 e. The molecule has 3 amide bonds. The summed E-state index contributed by atoms with van der Waals surface area (Å²) in [6.07, 6.45) is 4.63. The first-order chi connectivity index (χ1) is 16.9. The molecule has 1 aliphatic carbocycles. The number of nitrogens with zero attached hydrogens (tertiary/aromatic N) is 1. The minimum atomic E-state index is -1.16. The molecule has 202 valence electrons. The molecule has 0 aromatic carbocycles. The molecule has 0 bridgehead atoms. The monoisotopic (exact) mass is 507 g/mol. The quantitative estimate of drug-likeness (QED) is 0.394. The number of esters is 1. The molecule has 3 rings (SSSR count). The van der Waals surface area contributed by atoms with Gasteiger partial charge in [-0.2, -0.15) is 0 Å². The summed E-state index contributed by atoms with van der Waals surface area (Å²) in [5, 5.41) is 15.9. The second-order valence-electron chi connectivity index (χ2n) is 11.1. The van der Waals surface area contributed by atoms with E-state index in [1.54, 1.807) is 27.7 Å². The lowest BCUT2D eigenvalue weighted by atomic mass is 10.0. The van der Waals surface area contributed by atoms with Gasteiger partial charge in [0, 0.05) is 18.9 Å². The van der Waals surface area contributed by atoms with Crippen molar-refractivity contribution >= 4 is 23.9 Å². The van der Waals surface area contributed by atoms with Crippen LogP contribution in [0.1, 0.15) is 79.6 Å². The van der Waals surface area contributed by atoms with Crippen LogP contribution in [0.5, 0.6) is 0 Å². The molecule has 0 radical (unpaired) electrons. The van der Waals surface area contributed by atoms with Gasteiger partial charge in [0.1, 0.15) is 23.2 Å². The molecule has 2 fully saturated rings. The van der Waals surface area contributed by atoms with E-state index in [1.165, 1.54) is 4.90 Å². The number of carbonyl (C=O) groups excluding carboxylic acids is 4. The van der Waals surface area contributed by atoms with E-state index in [-0.39, 0.29) is 25.5 Å². The van der Waals surface area contributed by atoms with Crippen LogP contribution in [-0.4, -0.2) is 76.4 Å². The fraction of sp³-hybridized carbons (Fsp3) is 0.769. The van der Waals surface area contributed by atoms with Crippen LogP contribution >= 0.6 is 0 Å². The van der Waals surface area contributed by atoms with Crippen molar-refractivity contribution in [3.63, 3.8) is 0 Å². The van der Waals surface area contributed by atoms with Crippen molar-refractivity contribution in [2.24, 2.45) is 5.92 Å². The Balaban J connectivity index is 1.88. The number of rotatable bonds is 3. The zero-order chi connectivity index (χ0) is 26.7. The summed E-state index contributed by atoms with van der Waals surface area (Å²) in [6, 6.07) is -1.85. The molecular weight excluding hydrogens is 466 g/mol. The number of allylic oxidation sites excluding steroid dienone is 1. The maximum Gasteiger partial charge on any atom is 0.408 e. The first-order valence-electron chi connectivity index (χ1n) is 13.0. The highest BCUT2D eigenvalue weighted by Gasteiger charge is 2.63. The van der Waals surface area contributed by atoms with Gasteiger partial charge in [0.05, 0.1) is 12.7 Å². The second kappa shape index (κ2) is 11.2. The molecule has 2 heterocycles. The number of nitrogens with one attached hydrogen (secondary N) is 2. The van der Waals surface area contributed by atoms with Crippen LogP contribution in [0.25, 0.3) is 0 Å². The van der Waals surface area contributed by atoms with Crippen molar-refractivity contribution in [3.05, 3.63) is 11.6 Å². The summed E-state index contributed by atoms with van der Waals surface area (Å²) in [7, 11) is 0.